The molecule has 0 aliphatic carbocycles. The third-order valence-electron chi connectivity index (χ3n) is 2.68. The minimum Gasteiger partial charge on any atom is -0.326 e. The van der Waals surface area contributed by atoms with E-state index < -0.39 is 8.25 Å². The second-order valence-electron chi connectivity index (χ2n) is 3.97. The first-order chi connectivity index (χ1) is 8.75. The lowest BCUT2D eigenvalue weighted by Gasteiger charge is -2.16. The summed E-state index contributed by atoms with van der Waals surface area (Å²) in [6.07, 6.45) is 0.201. The first-order valence-electron chi connectivity index (χ1n) is 5.74. The third kappa shape index (κ3) is 3.81. The molecule has 0 spiro atoms. The van der Waals surface area contributed by atoms with Crippen molar-refractivity contribution >= 4 is 8.25 Å². The van der Waals surface area contributed by atoms with Gasteiger partial charge in [0.1, 0.15) is 0 Å². The van der Waals surface area contributed by atoms with Crippen LogP contribution in [0.2, 0.25) is 0 Å². The summed E-state index contributed by atoms with van der Waals surface area (Å²) in [7, 11) is -2.95. The fourth-order valence-corrected chi connectivity index (χ4v) is 2.31. The van der Waals surface area contributed by atoms with Crippen molar-refractivity contribution < 1.29 is 14.0 Å². The predicted molar refractivity (Wildman–Crippen MR) is 71.6 cm³/mol. The normalized spacial score (nSPS) is 14.1. The molecule has 0 amide bonds. The number of hydrogen-bond acceptors (Lipinski definition) is 2. The van der Waals surface area contributed by atoms with Crippen LogP contribution in [0.15, 0.2) is 60.7 Å². The van der Waals surface area contributed by atoms with Crippen LogP contribution in [0.4, 0.5) is 0 Å². The highest BCUT2D eigenvalue weighted by molar-refractivity contribution is 7.32. The minimum absolute atomic E-state index is 0.384. The second kappa shape index (κ2) is 6.50. The fraction of sp³-hybridized carbons (Fsp3) is 0.143. The highest BCUT2D eigenvalue weighted by atomic mass is 31.1. The zero-order valence-corrected chi connectivity index (χ0v) is 10.8. The Morgan fingerprint density at radius 1 is 1.00 bits per heavy atom. The first kappa shape index (κ1) is 13.0. The summed E-state index contributed by atoms with van der Waals surface area (Å²) in [6.45, 7) is 0. The van der Waals surface area contributed by atoms with Gasteiger partial charge in [-0.15, -0.1) is 0 Å². The summed E-state index contributed by atoms with van der Waals surface area (Å²) < 4.78 is 16.1. The molecule has 94 valence electrons. The van der Waals surface area contributed by atoms with E-state index in [2.05, 4.69) is 0 Å². The average molecular weight is 262 g/mol. The van der Waals surface area contributed by atoms with E-state index >= 15 is 0 Å². The monoisotopic (exact) mass is 262 g/mol. The van der Waals surface area contributed by atoms with Gasteiger partial charge >= 0.3 is 8.25 Å². The first-order valence-corrected chi connectivity index (χ1v) is 7.00. The summed E-state index contributed by atoms with van der Waals surface area (Å²) >= 11 is 0. The van der Waals surface area contributed by atoms with Crippen LogP contribution < -0.4 is 0 Å². The maximum absolute atomic E-state index is 10.9. The lowest BCUT2D eigenvalue weighted by molar-refractivity contribution is 0.191. The Morgan fingerprint density at radius 2 is 1.56 bits per heavy atom. The van der Waals surface area contributed by atoms with Crippen molar-refractivity contribution in [1.82, 2.24) is 0 Å². The van der Waals surface area contributed by atoms with Crippen LogP contribution in [0, 0.1) is 0 Å². The quantitative estimate of drug-likeness (QED) is 0.840. The fourth-order valence-electron chi connectivity index (χ4n) is 1.85. The number of benzene rings is 2. The largest absolute Gasteiger partial charge is 0.326 e. The zero-order valence-electron chi connectivity index (χ0n) is 9.82. The summed E-state index contributed by atoms with van der Waals surface area (Å²) in [4.78, 5) is 8.99. The molecule has 0 radical (unpaired) electrons. The minimum atomic E-state index is -2.95. The molecule has 0 heterocycles. The van der Waals surface area contributed by atoms with Crippen molar-refractivity contribution in [3.05, 3.63) is 71.8 Å². The van der Waals surface area contributed by atoms with E-state index in [4.69, 9.17) is 9.42 Å². The molecule has 0 aliphatic heterocycles. The van der Waals surface area contributed by atoms with Gasteiger partial charge in [-0.25, -0.2) is 0 Å². The lowest BCUT2D eigenvalue weighted by atomic mass is 10.0. The summed E-state index contributed by atoms with van der Waals surface area (Å²) in [5.74, 6) is 0. The Labute approximate surface area is 107 Å². The molecule has 2 rings (SSSR count). The highest BCUT2D eigenvalue weighted by Gasteiger charge is 2.14. The van der Waals surface area contributed by atoms with E-state index in [-0.39, 0.29) is 6.10 Å². The number of hydrogen-bond donors (Lipinski definition) is 1. The molecule has 0 fully saturated rings. The van der Waals surface area contributed by atoms with Gasteiger partial charge in [-0.05, 0) is 11.1 Å². The molecule has 2 unspecified atom stereocenters. The van der Waals surface area contributed by atoms with Crippen molar-refractivity contribution in [2.75, 3.05) is 0 Å². The van der Waals surface area contributed by atoms with Gasteiger partial charge in [-0.2, -0.15) is 0 Å². The smallest absolute Gasteiger partial charge is 0.317 e. The van der Waals surface area contributed by atoms with E-state index in [1.807, 2.05) is 60.7 Å². The van der Waals surface area contributed by atoms with E-state index in [0.717, 1.165) is 11.1 Å². The van der Waals surface area contributed by atoms with Crippen LogP contribution in [-0.4, -0.2) is 4.89 Å². The summed E-state index contributed by atoms with van der Waals surface area (Å²) in [5.41, 5.74) is 1.99. The highest BCUT2D eigenvalue weighted by Crippen LogP contribution is 2.31. The van der Waals surface area contributed by atoms with E-state index in [1.165, 1.54) is 0 Å². The van der Waals surface area contributed by atoms with Gasteiger partial charge in [-0.3, -0.25) is 4.57 Å². The van der Waals surface area contributed by atoms with E-state index in [9.17, 15) is 4.57 Å². The predicted octanol–water partition coefficient (Wildman–Crippen LogP) is 3.37. The molecular formula is C14H15O3P. The molecule has 2 atom stereocenters. The van der Waals surface area contributed by atoms with E-state index in [1.54, 1.807) is 0 Å². The summed E-state index contributed by atoms with van der Waals surface area (Å²) in [5, 5.41) is 0. The molecule has 0 aromatic heterocycles. The van der Waals surface area contributed by atoms with Crippen LogP contribution >= 0.6 is 8.25 Å². The Bertz CT molecular complexity index is 499. The Balaban J connectivity index is 2.18. The zero-order chi connectivity index (χ0) is 12.8. The maximum Gasteiger partial charge on any atom is 0.317 e. The molecule has 2 aromatic carbocycles. The molecule has 0 saturated carbocycles. The van der Waals surface area contributed by atoms with Crippen LogP contribution in [0.1, 0.15) is 17.2 Å². The van der Waals surface area contributed by atoms with Gasteiger partial charge in [0, 0.05) is 6.42 Å². The van der Waals surface area contributed by atoms with Crippen LogP contribution in [0.3, 0.4) is 0 Å². The Morgan fingerprint density at radius 3 is 2.11 bits per heavy atom. The van der Waals surface area contributed by atoms with Gasteiger partial charge in [0.05, 0.1) is 6.10 Å². The Hall–Kier alpha value is -1.41. The third-order valence-corrected chi connectivity index (χ3v) is 3.16. The van der Waals surface area contributed by atoms with Crippen LogP contribution in [-0.2, 0) is 15.5 Å². The molecule has 18 heavy (non-hydrogen) atoms. The van der Waals surface area contributed by atoms with E-state index in [0.29, 0.717) is 6.42 Å². The Kier molecular flexibility index (Phi) is 4.71. The molecule has 4 heteroatoms. The standard InChI is InChI=1S/C14H15O3P/c15-18(16)17-14(13-9-5-2-6-10-13)11-12-7-3-1-4-8-12/h1-10,14,18H,11H2,(H,15,16). The summed E-state index contributed by atoms with van der Waals surface area (Å²) in [6, 6.07) is 19.3. The van der Waals surface area contributed by atoms with Crippen LogP contribution in [0.5, 0.6) is 0 Å². The van der Waals surface area contributed by atoms with Gasteiger partial charge in [-0.1, -0.05) is 60.7 Å². The molecule has 0 saturated heterocycles. The number of rotatable bonds is 5. The van der Waals surface area contributed by atoms with Crippen molar-refractivity contribution in [1.29, 1.82) is 0 Å². The van der Waals surface area contributed by atoms with Crippen molar-refractivity contribution in [3.63, 3.8) is 0 Å². The topological polar surface area (TPSA) is 46.5 Å². The molecule has 3 nitrogen and oxygen atoms in total. The van der Waals surface area contributed by atoms with Crippen LogP contribution in [0.25, 0.3) is 0 Å². The molecule has 2 aromatic rings. The molecular weight excluding hydrogens is 247 g/mol. The van der Waals surface area contributed by atoms with Gasteiger partial charge in [0.25, 0.3) is 0 Å². The average Bonchev–Trinajstić information content (AvgIpc) is 2.40. The van der Waals surface area contributed by atoms with Crippen molar-refractivity contribution in [2.45, 2.75) is 12.5 Å². The molecule has 1 N–H and O–H groups in total. The van der Waals surface area contributed by atoms with Gasteiger partial charge in [0.2, 0.25) is 0 Å². The SMILES string of the molecule is O=[PH](O)OC(Cc1ccccc1)c1ccccc1. The molecule has 0 bridgehead atoms. The molecule has 0 aliphatic rings. The van der Waals surface area contributed by atoms with Gasteiger partial charge < -0.3 is 9.42 Å². The van der Waals surface area contributed by atoms with Gasteiger partial charge in [0.15, 0.2) is 0 Å². The second-order valence-corrected chi connectivity index (χ2v) is 4.74. The maximum atomic E-state index is 10.9. The van der Waals surface area contributed by atoms with Crippen molar-refractivity contribution in [2.24, 2.45) is 0 Å². The van der Waals surface area contributed by atoms with Crippen molar-refractivity contribution in [3.8, 4) is 0 Å². The lowest BCUT2D eigenvalue weighted by Crippen LogP contribution is -2.04.